The van der Waals surface area contributed by atoms with Crippen LogP contribution >= 0.6 is 0 Å². The third kappa shape index (κ3) is 5.02. The van der Waals surface area contributed by atoms with Gasteiger partial charge < -0.3 is 10.6 Å². The predicted octanol–water partition coefficient (Wildman–Crippen LogP) is 3.32. The first-order chi connectivity index (χ1) is 14.0. The third-order valence-corrected chi connectivity index (χ3v) is 5.11. The van der Waals surface area contributed by atoms with Crippen LogP contribution in [-0.2, 0) is 4.79 Å². The Balaban J connectivity index is 1.44. The number of hydrogen-bond acceptors (Lipinski definition) is 4. The van der Waals surface area contributed by atoms with E-state index in [1.54, 1.807) is 24.3 Å². The molecule has 0 aromatic heterocycles. The van der Waals surface area contributed by atoms with E-state index in [0.29, 0.717) is 30.0 Å². The second kappa shape index (κ2) is 9.37. The zero-order chi connectivity index (χ0) is 20.8. The number of anilines is 1. The topological polar surface area (TPSA) is 78.5 Å². The van der Waals surface area contributed by atoms with Crippen molar-refractivity contribution in [3.63, 3.8) is 0 Å². The van der Waals surface area contributed by atoms with Crippen molar-refractivity contribution in [1.29, 1.82) is 0 Å². The van der Waals surface area contributed by atoms with Crippen LogP contribution in [0.25, 0.3) is 0 Å². The van der Waals surface area contributed by atoms with E-state index in [9.17, 15) is 14.4 Å². The molecule has 3 amide bonds. The van der Waals surface area contributed by atoms with Gasteiger partial charge in [-0.05, 0) is 36.6 Å². The fourth-order valence-electron chi connectivity index (χ4n) is 3.35. The Labute approximate surface area is 171 Å². The molecule has 6 nitrogen and oxygen atoms in total. The quantitative estimate of drug-likeness (QED) is 0.641. The minimum atomic E-state index is -0.280. The minimum Gasteiger partial charge on any atom is -0.380 e. The summed E-state index contributed by atoms with van der Waals surface area (Å²) in [5, 5.41) is 6.40. The first-order valence-corrected chi connectivity index (χ1v) is 10.0. The van der Waals surface area contributed by atoms with Crippen LogP contribution in [0.4, 0.5) is 5.69 Å². The fourth-order valence-corrected chi connectivity index (χ4v) is 3.35. The molecule has 152 valence electrons. The highest BCUT2D eigenvalue weighted by atomic mass is 16.2. The normalized spacial score (nSPS) is 14.1. The zero-order valence-corrected chi connectivity index (χ0v) is 16.9. The Morgan fingerprint density at radius 1 is 0.931 bits per heavy atom. The van der Waals surface area contributed by atoms with Gasteiger partial charge in [0.2, 0.25) is 5.91 Å². The van der Waals surface area contributed by atoms with Crippen molar-refractivity contribution in [2.24, 2.45) is 5.92 Å². The molecule has 2 N–H and O–H groups in total. The number of nitrogens with one attached hydrogen (secondary N) is 2. The summed E-state index contributed by atoms with van der Waals surface area (Å²) in [7, 11) is 0. The van der Waals surface area contributed by atoms with Crippen LogP contribution in [0.2, 0.25) is 0 Å². The van der Waals surface area contributed by atoms with Gasteiger partial charge in [0.05, 0.1) is 11.1 Å². The molecule has 0 saturated heterocycles. The first-order valence-electron chi connectivity index (χ1n) is 10.0. The molecule has 6 heteroatoms. The van der Waals surface area contributed by atoms with Crippen molar-refractivity contribution in [1.82, 2.24) is 10.2 Å². The van der Waals surface area contributed by atoms with Crippen molar-refractivity contribution in [2.45, 2.75) is 32.7 Å². The lowest BCUT2D eigenvalue weighted by atomic mass is 10.0. The number of hydrogen-bond donors (Lipinski definition) is 2. The first kappa shape index (κ1) is 20.6. The molecule has 1 atom stereocenters. The number of benzene rings is 2. The van der Waals surface area contributed by atoms with Crippen LogP contribution in [0.5, 0.6) is 0 Å². The van der Waals surface area contributed by atoms with Crippen LogP contribution in [0.3, 0.4) is 0 Å². The molecule has 1 heterocycles. The highest BCUT2D eigenvalue weighted by Crippen LogP contribution is 2.22. The highest BCUT2D eigenvalue weighted by Gasteiger charge is 2.34. The molecular weight excluding hydrogens is 366 g/mol. The Hall–Kier alpha value is -3.15. The number of rotatable bonds is 9. The summed E-state index contributed by atoms with van der Waals surface area (Å²) in [6.45, 7) is 4.97. The Kier molecular flexibility index (Phi) is 6.65. The third-order valence-electron chi connectivity index (χ3n) is 5.11. The summed E-state index contributed by atoms with van der Waals surface area (Å²) >= 11 is 0. The molecule has 0 fully saturated rings. The molecular formula is C23H27N3O3. The van der Waals surface area contributed by atoms with Gasteiger partial charge in [0, 0.05) is 31.2 Å². The van der Waals surface area contributed by atoms with Crippen LogP contribution in [0.1, 0.15) is 47.4 Å². The van der Waals surface area contributed by atoms with Gasteiger partial charge in [-0.2, -0.15) is 0 Å². The number of para-hydroxylation sites is 1. The Bertz CT molecular complexity index is 845. The summed E-state index contributed by atoms with van der Waals surface area (Å²) in [6.07, 6.45) is 0.708. The number of carbonyl (C=O) groups excluding carboxylic acids is 3. The maximum absolute atomic E-state index is 12.3. The maximum atomic E-state index is 12.3. The van der Waals surface area contributed by atoms with Crippen LogP contribution in [0, 0.1) is 5.92 Å². The molecule has 2 aromatic rings. The van der Waals surface area contributed by atoms with Gasteiger partial charge in [-0.3, -0.25) is 19.3 Å². The van der Waals surface area contributed by atoms with Gasteiger partial charge >= 0.3 is 0 Å². The van der Waals surface area contributed by atoms with Crippen molar-refractivity contribution in [3.8, 4) is 0 Å². The number of carbonyl (C=O) groups is 3. The predicted molar refractivity (Wildman–Crippen MR) is 113 cm³/mol. The van der Waals surface area contributed by atoms with E-state index in [0.717, 1.165) is 5.69 Å². The van der Waals surface area contributed by atoms with Gasteiger partial charge in [0.1, 0.15) is 0 Å². The second-order valence-electron chi connectivity index (χ2n) is 7.58. The SMILES string of the molecule is CC(C)C(CNC(=O)CCCN1C(=O)c2ccccc2C1=O)Nc1ccccc1. The van der Waals surface area contributed by atoms with Gasteiger partial charge in [-0.25, -0.2) is 0 Å². The zero-order valence-electron chi connectivity index (χ0n) is 16.9. The van der Waals surface area contributed by atoms with E-state index in [4.69, 9.17) is 0 Å². The summed E-state index contributed by atoms with van der Waals surface area (Å²) in [6, 6.07) is 16.8. The number of fused-ring (bicyclic) bond motifs is 1. The van der Waals surface area contributed by atoms with Crippen molar-refractivity contribution >= 4 is 23.4 Å². The maximum Gasteiger partial charge on any atom is 0.261 e. The van der Waals surface area contributed by atoms with Gasteiger partial charge in [-0.1, -0.05) is 44.2 Å². The molecule has 3 rings (SSSR count). The lowest BCUT2D eigenvalue weighted by molar-refractivity contribution is -0.121. The molecule has 0 spiro atoms. The number of amides is 3. The van der Waals surface area contributed by atoms with Crippen LogP contribution in [-0.4, -0.2) is 41.8 Å². The second-order valence-corrected chi connectivity index (χ2v) is 7.58. The number of nitrogens with zero attached hydrogens (tertiary/aromatic N) is 1. The summed E-state index contributed by atoms with van der Waals surface area (Å²) in [4.78, 5) is 38.2. The molecule has 29 heavy (non-hydrogen) atoms. The van der Waals surface area contributed by atoms with E-state index in [1.807, 2.05) is 30.3 Å². The average Bonchev–Trinajstić information content (AvgIpc) is 2.97. The summed E-state index contributed by atoms with van der Waals surface area (Å²) in [5.74, 6) is -0.299. The molecule has 0 aliphatic carbocycles. The summed E-state index contributed by atoms with van der Waals surface area (Å²) < 4.78 is 0. The van der Waals surface area contributed by atoms with Gasteiger partial charge in [0.25, 0.3) is 11.8 Å². The van der Waals surface area contributed by atoms with E-state index in [-0.39, 0.29) is 36.7 Å². The Morgan fingerprint density at radius 3 is 2.10 bits per heavy atom. The lowest BCUT2D eigenvalue weighted by Crippen LogP contribution is -2.40. The van der Waals surface area contributed by atoms with Crippen molar-refractivity contribution in [3.05, 3.63) is 65.7 Å². The molecule has 0 radical (unpaired) electrons. The van der Waals surface area contributed by atoms with E-state index in [1.165, 1.54) is 4.90 Å². The van der Waals surface area contributed by atoms with Gasteiger partial charge in [-0.15, -0.1) is 0 Å². The highest BCUT2D eigenvalue weighted by molar-refractivity contribution is 6.21. The molecule has 2 aromatic carbocycles. The molecule has 0 saturated carbocycles. The summed E-state index contributed by atoms with van der Waals surface area (Å²) in [5.41, 5.74) is 1.90. The van der Waals surface area contributed by atoms with E-state index in [2.05, 4.69) is 24.5 Å². The largest absolute Gasteiger partial charge is 0.380 e. The fraction of sp³-hybridized carbons (Fsp3) is 0.348. The monoisotopic (exact) mass is 393 g/mol. The van der Waals surface area contributed by atoms with Gasteiger partial charge in [0.15, 0.2) is 0 Å². The Morgan fingerprint density at radius 2 is 1.52 bits per heavy atom. The minimum absolute atomic E-state index is 0.0814. The molecule has 1 unspecified atom stereocenters. The molecule has 1 aliphatic heterocycles. The van der Waals surface area contributed by atoms with Crippen molar-refractivity contribution < 1.29 is 14.4 Å². The average molecular weight is 393 g/mol. The van der Waals surface area contributed by atoms with Crippen molar-refractivity contribution in [2.75, 3.05) is 18.4 Å². The van der Waals surface area contributed by atoms with Crippen LogP contribution < -0.4 is 10.6 Å². The smallest absolute Gasteiger partial charge is 0.261 e. The lowest BCUT2D eigenvalue weighted by Gasteiger charge is -2.24. The number of imide groups is 1. The standard InChI is InChI=1S/C23H27N3O3/c1-16(2)20(25-17-9-4-3-5-10-17)15-24-21(27)13-8-14-26-22(28)18-11-6-7-12-19(18)23(26)29/h3-7,9-12,16,20,25H,8,13-15H2,1-2H3,(H,24,27). The molecule has 1 aliphatic rings. The van der Waals surface area contributed by atoms with E-state index < -0.39 is 0 Å². The van der Waals surface area contributed by atoms with Crippen LogP contribution in [0.15, 0.2) is 54.6 Å². The molecule has 0 bridgehead atoms. The van der Waals surface area contributed by atoms with E-state index >= 15 is 0 Å².